The molecule has 0 bridgehead atoms. The van der Waals surface area contributed by atoms with Crippen molar-refractivity contribution < 1.29 is 5.11 Å². The van der Waals surface area contributed by atoms with E-state index in [-0.39, 0.29) is 11.6 Å². The second-order valence-electron chi connectivity index (χ2n) is 5.56. The fourth-order valence-corrected chi connectivity index (χ4v) is 2.11. The minimum Gasteiger partial charge on any atom is -0.385 e. The maximum Gasteiger partial charge on any atom is 0.109 e. The van der Waals surface area contributed by atoms with Crippen molar-refractivity contribution in [3.8, 4) is 0 Å². The molecule has 0 spiro atoms. The van der Waals surface area contributed by atoms with Gasteiger partial charge in [-0.1, -0.05) is 0 Å². The van der Waals surface area contributed by atoms with E-state index in [1.54, 1.807) is 6.20 Å². The van der Waals surface area contributed by atoms with Gasteiger partial charge in [-0.25, -0.2) is 0 Å². The molecule has 0 saturated carbocycles. The van der Waals surface area contributed by atoms with Crippen molar-refractivity contribution in [2.45, 2.75) is 52.3 Å². The van der Waals surface area contributed by atoms with E-state index < -0.39 is 6.10 Å². The molecule has 0 aromatic carbocycles. The number of β-amino-alcohol motifs (C(OH)–C–C–N with tert-alkyl or cyclic N) is 1. The van der Waals surface area contributed by atoms with Gasteiger partial charge in [0.05, 0.1) is 16.4 Å². The fourth-order valence-electron chi connectivity index (χ4n) is 1.57. The maximum atomic E-state index is 10.2. The van der Waals surface area contributed by atoms with Gasteiger partial charge in [0.2, 0.25) is 0 Å². The van der Waals surface area contributed by atoms with Crippen LogP contribution in [0.2, 0.25) is 0 Å². The Morgan fingerprint density at radius 1 is 1.47 bits per heavy atom. The summed E-state index contributed by atoms with van der Waals surface area (Å²) in [6.07, 6.45) is 1.17. The summed E-state index contributed by atoms with van der Waals surface area (Å²) in [5.41, 5.74) is 0.826. The first-order valence-electron chi connectivity index (χ1n) is 5.88. The smallest absolute Gasteiger partial charge is 0.109 e. The van der Waals surface area contributed by atoms with Crippen molar-refractivity contribution in [3.05, 3.63) is 16.4 Å². The molecular formula is C12H22BrN3O. The van der Waals surface area contributed by atoms with E-state index in [0.29, 0.717) is 6.54 Å². The summed E-state index contributed by atoms with van der Waals surface area (Å²) >= 11 is 3.44. The van der Waals surface area contributed by atoms with Gasteiger partial charge in [0.15, 0.2) is 0 Å². The Labute approximate surface area is 112 Å². The Bertz CT molecular complexity index is 368. The van der Waals surface area contributed by atoms with E-state index in [1.807, 2.05) is 18.5 Å². The highest BCUT2D eigenvalue weighted by molar-refractivity contribution is 9.10. The Kier molecular flexibility index (Phi) is 4.75. The molecule has 2 N–H and O–H groups in total. The van der Waals surface area contributed by atoms with Gasteiger partial charge in [-0.2, -0.15) is 5.10 Å². The highest BCUT2D eigenvalue weighted by Crippen LogP contribution is 2.25. The summed E-state index contributed by atoms with van der Waals surface area (Å²) in [6, 6.07) is 0.237. The summed E-state index contributed by atoms with van der Waals surface area (Å²) in [6.45, 7) is 10.8. The molecule has 4 nitrogen and oxygen atoms in total. The lowest BCUT2D eigenvalue weighted by atomic mass is 10.1. The zero-order valence-electron chi connectivity index (χ0n) is 11.2. The van der Waals surface area contributed by atoms with Crippen molar-refractivity contribution in [3.63, 3.8) is 0 Å². The van der Waals surface area contributed by atoms with Gasteiger partial charge in [0, 0.05) is 18.1 Å². The number of hydrogen-bond donors (Lipinski definition) is 2. The first kappa shape index (κ1) is 14.7. The third-order valence-corrected chi connectivity index (χ3v) is 3.03. The minimum atomic E-state index is -0.562. The molecule has 1 rings (SSSR count). The average molecular weight is 304 g/mol. The molecule has 1 unspecified atom stereocenters. The summed E-state index contributed by atoms with van der Waals surface area (Å²) in [4.78, 5) is 0. The first-order valence-corrected chi connectivity index (χ1v) is 6.67. The predicted molar refractivity (Wildman–Crippen MR) is 73.0 cm³/mol. The first-order chi connectivity index (χ1) is 7.72. The van der Waals surface area contributed by atoms with Gasteiger partial charge in [-0.3, -0.25) is 4.68 Å². The second-order valence-corrected chi connectivity index (χ2v) is 6.42. The molecule has 0 aliphatic rings. The quantitative estimate of drug-likeness (QED) is 0.899. The average Bonchev–Trinajstić information content (AvgIpc) is 2.55. The van der Waals surface area contributed by atoms with Gasteiger partial charge in [0.1, 0.15) is 6.10 Å². The lowest BCUT2D eigenvalue weighted by Crippen LogP contribution is -2.39. The van der Waals surface area contributed by atoms with Gasteiger partial charge in [0.25, 0.3) is 0 Å². The molecule has 0 aliphatic carbocycles. The van der Waals surface area contributed by atoms with Crippen molar-refractivity contribution in [2.75, 3.05) is 6.54 Å². The zero-order valence-corrected chi connectivity index (χ0v) is 12.7. The van der Waals surface area contributed by atoms with E-state index in [9.17, 15) is 5.11 Å². The lowest BCUT2D eigenvalue weighted by molar-refractivity contribution is 0.150. The molecule has 1 heterocycles. The van der Waals surface area contributed by atoms with Crippen molar-refractivity contribution in [1.29, 1.82) is 0 Å². The summed E-state index contributed by atoms with van der Waals surface area (Å²) < 4.78 is 2.70. The minimum absolute atomic E-state index is 0.00383. The number of hydrogen-bond acceptors (Lipinski definition) is 3. The zero-order chi connectivity index (χ0) is 13.2. The molecule has 1 atom stereocenters. The summed E-state index contributed by atoms with van der Waals surface area (Å²) in [7, 11) is 0. The number of aromatic nitrogens is 2. The van der Waals surface area contributed by atoms with Gasteiger partial charge >= 0.3 is 0 Å². The molecule has 0 amide bonds. The van der Waals surface area contributed by atoms with Crippen molar-refractivity contribution >= 4 is 15.9 Å². The number of halogens is 1. The van der Waals surface area contributed by atoms with Crippen LogP contribution in [0.15, 0.2) is 10.7 Å². The SMILES string of the molecule is CC(C)n1ncc(Br)c1C(O)CNC(C)(C)C. The number of rotatable bonds is 4. The standard InChI is InChI=1S/C12H22BrN3O/c1-8(2)16-11(9(13)6-15-16)10(17)7-14-12(3,4)5/h6,8,10,14,17H,7H2,1-5H3. The van der Waals surface area contributed by atoms with E-state index in [2.05, 4.69) is 47.1 Å². The molecule has 1 aromatic heterocycles. The Hall–Kier alpha value is -0.390. The molecular weight excluding hydrogens is 282 g/mol. The van der Waals surface area contributed by atoms with E-state index in [0.717, 1.165) is 10.2 Å². The third-order valence-electron chi connectivity index (χ3n) is 2.42. The molecule has 1 aromatic rings. The van der Waals surface area contributed by atoms with Crippen LogP contribution in [0.4, 0.5) is 0 Å². The predicted octanol–water partition coefficient (Wildman–Crippen LogP) is 2.65. The summed E-state index contributed by atoms with van der Waals surface area (Å²) in [5.74, 6) is 0. The second kappa shape index (κ2) is 5.50. The van der Waals surface area contributed by atoms with Gasteiger partial charge in [-0.05, 0) is 50.5 Å². The number of aliphatic hydroxyl groups is 1. The van der Waals surface area contributed by atoms with E-state index in [4.69, 9.17) is 0 Å². The number of nitrogens with zero attached hydrogens (tertiary/aromatic N) is 2. The Morgan fingerprint density at radius 2 is 2.06 bits per heavy atom. The number of aliphatic hydroxyl groups excluding tert-OH is 1. The van der Waals surface area contributed by atoms with Crippen molar-refractivity contribution in [1.82, 2.24) is 15.1 Å². The van der Waals surface area contributed by atoms with Crippen LogP contribution in [-0.4, -0.2) is 27.0 Å². The van der Waals surface area contributed by atoms with Crippen LogP contribution < -0.4 is 5.32 Å². The van der Waals surface area contributed by atoms with E-state index in [1.165, 1.54) is 0 Å². The normalized spacial score (nSPS) is 14.4. The molecule has 0 saturated heterocycles. The molecule has 0 aliphatic heterocycles. The molecule has 0 fully saturated rings. The maximum absolute atomic E-state index is 10.2. The Balaban J connectivity index is 2.81. The van der Waals surface area contributed by atoms with Crippen LogP contribution in [0.3, 0.4) is 0 Å². The van der Waals surface area contributed by atoms with Crippen LogP contribution >= 0.6 is 15.9 Å². The van der Waals surface area contributed by atoms with Gasteiger partial charge < -0.3 is 10.4 Å². The highest BCUT2D eigenvalue weighted by Gasteiger charge is 2.21. The van der Waals surface area contributed by atoms with E-state index >= 15 is 0 Å². The van der Waals surface area contributed by atoms with Crippen molar-refractivity contribution in [2.24, 2.45) is 0 Å². The third kappa shape index (κ3) is 4.08. The van der Waals surface area contributed by atoms with Crippen LogP contribution in [-0.2, 0) is 0 Å². The van der Waals surface area contributed by atoms with Crippen LogP contribution in [0.5, 0.6) is 0 Å². The molecule has 98 valence electrons. The summed E-state index contributed by atoms with van der Waals surface area (Å²) in [5, 5.41) is 17.8. The Morgan fingerprint density at radius 3 is 2.53 bits per heavy atom. The molecule has 17 heavy (non-hydrogen) atoms. The molecule has 5 heteroatoms. The monoisotopic (exact) mass is 303 g/mol. The lowest BCUT2D eigenvalue weighted by Gasteiger charge is -2.24. The largest absolute Gasteiger partial charge is 0.385 e. The highest BCUT2D eigenvalue weighted by atomic mass is 79.9. The number of nitrogens with one attached hydrogen (secondary N) is 1. The van der Waals surface area contributed by atoms with Crippen LogP contribution in [0.1, 0.15) is 52.5 Å². The topological polar surface area (TPSA) is 50.1 Å². The van der Waals surface area contributed by atoms with Crippen LogP contribution in [0.25, 0.3) is 0 Å². The van der Waals surface area contributed by atoms with Gasteiger partial charge in [-0.15, -0.1) is 0 Å². The molecule has 0 radical (unpaired) electrons. The fraction of sp³-hybridized carbons (Fsp3) is 0.750. The van der Waals surface area contributed by atoms with Crippen LogP contribution in [0, 0.1) is 0 Å².